The van der Waals surface area contributed by atoms with Crippen molar-refractivity contribution in [2.45, 2.75) is 44.2 Å². The molecule has 2 fully saturated rings. The number of hydrogen-bond acceptors (Lipinski definition) is 3. The molecule has 2 aliphatic heterocycles. The van der Waals surface area contributed by atoms with Gasteiger partial charge >= 0.3 is 0 Å². The SMILES string of the molecule is Cn1ncc(Cl)c1C(=O)CC1CC2CCC(C1)N2. The Kier molecular flexibility index (Phi) is 3.16. The number of aromatic nitrogens is 2. The molecule has 0 spiro atoms. The highest BCUT2D eigenvalue weighted by Crippen LogP contribution is 2.33. The molecule has 18 heavy (non-hydrogen) atoms. The van der Waals surface area contributed by atoms with Crippen molar-refractivity contribution in [1.82, 2.24) is 15.1 Å². The van der Waals surface area contributed by atoms with Gasteiger partial charge in [-0.3, -0.25) is 9.48 Å². The topological polar surface area (TPSA) is 46.9 Å². The number of rotatable bonds is 3. The van der Waals surface area contributed by atoms with E-state index in [2.05, 4.69) is 10.4 Å². The quantitative estimate of drug-likeness (QED) is 0.854. The minimum Gasteiger partial charge on any atom is -0.311 e. The molecule has 2 bridgehead atoms. The van der Waals surface area contributed by atoms with Crippen molar-refractivity contribution in [2.75, 3.05) is 0 Å². The van der Waals surface area contributed by atoms with Gasteiger partial charge in [0.25, 0.3) is 0 Å². The lowest BCUT2D eigenvalue weighted by Crippen LogP contribution is -2.38. The fraction of sp³-hybridized carbons (Fsp3) is 0.692. The molecule has 3 rings (SSSR count). The van der Waals surface area contributed by atoms with Gasteiger partial charge in [0.1, 0.15) is 5.69 Å². The highest BCUT2D eigenvalue weighted by atomic mass is 35.5. The van der Waals surface area contributed by atoms with E-state index in [0.29, 0.717) is 35.1 Å². The zero-order valence-electron chi connectivity index (χ0n) is 10.5. The van der Waals surface area contributed by atoms with E-state index >= 15 is 0 Å². The summed E-state index contributed by atoms with van der Waals surface area (Å²) >= 11 is 6.01. The minimum atomic E-state index is 0.131. The predicted octanol–water partition coefficient (Wildman–Crippen LogP) is 2.18. The van der Waals surface area contributed by atoms with E-state index in [0.717, 1.165) is 12.8 Å². The Morgan fingerprint density at radius 3 is 2.72 bits per heavy atom. The number of carbonyl (C=O) groups is 1. The number of Topliss-reactive ketones (excluding diaryl/α,β-unsaturated/α-hetero) is 1. The Hall–Kier alpha value is -0.870. The smallest absolute Gasteiger partial charge is 0.182 e. The summed E-state index contributed by atoms with van der Waals surface area (Å²) in [6.07, 6.45) is 6.92. The lowest BCUT2D eigenvalue weighted by atomic mass is 9.87. The van der Waals surface area contributed by atoms with Crippen molar-refractivity contribution in [3.63, 3.8) is 0 Å². The van der Waals surface area contributed by atoms with Crippen LogP contribution in [0.25, 0.3) is 0 Å². The second kappa shape index (κ2) is 4.67. The Labute approximate surface area is 112 Å². The first-order chi connectivity index (χ1) is 8.63. The maximum Gasteiger partial charge on any atom is 0.182 e. The molecule has 1 aromatic heterocycles. The molecule has 3 heterocycles. The molecule has 0 aromatic carbocycles. The number of halogens is 1. The molecule has 98 valence electrons. The fourth-order valence-corrected chi connectivity index (χ4v) is 3.70. The van der Waals surface area contributed by atoms with Crippen LogP contribution in [0.2, 0.25) is 5.02 Å². The van der Waals surface area contributed by atoms with E-state index in [1.165, 1.54) is 12.8 Å². The van der Waals surface area contributed by atoms with Gasteiger partial charge in [-0.2, -0.15) is 5.10 Å². The highest BCUT2D eigenvalue weighted by Gasteiger charge is 2.34. The van der Waals surface area contributed by atoms with Crippen molar-refractivity contribution in [1.29, 1.82) is 0 Å². The summed E-state index contributed by atoms with van der Waals surface area (Å²) in [6.45, 7) is 0. The molecule has 0 radical (unpaired) electrons. The maximum absolute atomic E-state index is 12.3. The number of nitrogens with zero attached hydrogens (tertiary/aromatic N) is 2. The molecular weight excluding hydrogens is 250 g/mol. The third kappa shape index (κ3) is 2.19. The molecule has 0 saturated carbocycles. The number of piperidine rings is 1. The van der Waals surface area contributed by atoms with Gasteiger partial charge in [-0.15, -0.1) is 0 Å². The van der Waals surface area contributed by atoms with Gasteiger partial charge in [0.2, 0.25) is 0 Å². The lowest BCUT2D eigenvalue weighted by molar-refractivity contribution is 0.0936. The largest absolute Gasteiger partial charge is 0.311 e. The van der Waals surface area contributed by atoms with Crippen LogP contribution in [0.1, 0.15) is 42.6 Å². The van der Waals surface area contributed by atoms with Gasteiger partial charge in [-0.1, -0.05) is 11.6 Å². The first-order valence-corrected chi connectivity index (χ1v) is 6.98. The molecule has 2 aliphatic rings. The summed E-state index contributed by atoms with van der Waals surface area (Å²) in [5, 5.41) is 8.09. The zero-order chi connectivity index (χ0) is 12.7. The number of nitrogens with one attached hydrogen (secondary N) is 1. The zero-order valence-corrected chi connectivity index (χ0v) is 11.3. The van der Waals surface area contributed by atoms with Gasteiger partial charge < -0.3 is 5.32 Å². The monoisotopic (exact) mass is 267 g/mol. The summed E-state index contributed by atoms with van der Waals surface area (Å²) < 4.78 is 1.58. The van der Waals surface area contributed by atoms with Crippen LogP contribution in [0.15, 0.2) is 6.20 Å². The van der Waals surface area contributed by atoms with Gasteiger partial charge in [-0.25, -0.2) is 0 Å². The van der Waals surface area contributed by atoms with E-state index in [4.69, 9.17) is 11.6 Å². The highest BCUT2D eigenvalue weighted by molar-refractivity contribution is 6.33. The molecule has 4 nitrogen and oxygen atoms in total. The van der Waals surface area contributed by atoms with Crippen LogP contribution in [-0.2, 0) is 7.05 Å². The van der Waals surface area contributed by atoms with Crippen LogP contribution >= 0.6 is 11.6 Å². The van der Waals surface area contributed by atoms with Crippen molar-refractivity contribution < 1.29 is 4.79 Å². The van der Waals surface area contributed by atoms with Crippen LogP contribution in [0, 0.1) is 5.92 Å². The number of ketones is 1. The summed E-state index contributed by atoms with van der Waals surface area (Å²) in [7, 11) is 1.77. The summed E-state index contributed by atoms with van der Waals surface area (Å²) in [6, 6.07) is 1.26. The van der Waals surface area contributed by atoms with Crippen molar-refractivity contribution in [3.8, 4) is 0 Å². The minimum absolute atomic E-state index is 0.131. The van der Waals surface area contributed by atoms with Crippen molar-refractivity contribution in [2.24, 2.45) is 13.0 Å². The summed E-state index contributed by atoms with van der Waals surface area (Å²) in [5.74, 6) is 0.633. The Balaban J connectivity index is 1.68. The van der Waals surface area contributed by atoms with E-state index < -0.39 is 0 Å². The molecule has 0 aliphatic carbocycles. The molecule has 0 amide bonds. The van der Waals surface area contributed by atoms with Crippen molar-refractivity contribution in [3.05, 3.63) is 16.9 Å². The number of fused-ring (bicyclic) bond motifs is 2. The normalized spacial score (nSPS) is 30.7. The van der Waals surface area contributed by atoms with Crippen LogP contribution in [0.4, 0.5) is 0 Å². The summed E-state index contributed by atoms with van der Waals surface area (Å²) in [4.78, 5) is 12.3. The average molecular weight is 268 g/mol. The Morgan fingerprint density at radius 1 is 1.50 bits per heavy atom. The molecule has 1 N–H and O–H groups in total. The second-order valence-corrected chi connectivity index (χ2v) is 5.97. The standard InChI is InChI=1S/C13H18ClN3O/c1-17-13(11(14)7-15-17)12(18)6-8-4-9-2-3-10(5-8)16-9/h7-10,16H,2-6H2,1H3. The van der Waals surface area contributed by atoms with Crippen LogP contribution in [0.3, 0.4) is 0 Å². The Bertz CT molecular complexity index is 439. The number of aryl methyl sites for hydroxylation is 1. The van der Waals surface area contributed by atoms with Gasteiger partial charge in [0.05, 0.1) is 11.2 Å². The van der Waals surface area contributed by atoms with E-state index in [9.17, 15) is 4.79 Å². The fourth-order valence-electron chi connectivity index (χ4n) is 3.43. The molecule has 2 saturated heterocycles. The van der Waals surface area contributed by atoms with Gasteiger partial charge in [0.15, 0.2) is 5.78 Å². The predicted molar refractivity (Wildman–Crippen MR) is 69.8 cm³/mol. The van der Waals surface area contributed by atoms with Gasteiger partial charge in [0, 0.05) is 25.6 Å². The van der Waals surface area contributed by atoms with Crippen molar-refractivity contribution >= 4 is 17.4 Å². The van der Waals surface area contributed by atoms with E-state index in [1.54, 1.807) is 17.9 Å². The first-order valence-electron chi connectivity index (χ1n) is 6.60. The number of carbonyl (C=O) groups excluding carboxylic acids is 1. The molecule has 2 unspecified atom stereocenters. The summed E-state index contributed by atoms with van der Waals surface area (Å²) in [5.41, 5.74) is 0.558. The molecule has 1 aromatic rings. The average Bonchev–Trinajstić information content (AvgIpc) is 2.82. The lowest BCUT2D eigenvalue weighted by Gasteiger charge is -2.28. The van der Waals surface area contributed by atoms with Crippen LogP contribution in [0.5, 0.6) is 0 Å². The molecular formula is C13H18ClN3O. The molecule has 5 heteroatoms. The first kappa shape index (κ1) is 12.2. The third-order valence-corrected chi connectivity index (χ3v) is 4.48. The van der Waals surface area contributed by atoms with E-state index in [1.807, 2.05) is 0 Å². The van der Waals surface area contributed by atoms with E-state index in [-0.39, 0.29) is 5.78 Å². The molecule has 2 atom stereocenters. The number of hydrogen-bond donors (Lipinski definition) is 1. The Morgan fingerprint density at radius 2 is 2.17 bits per heavy atom. The second-order valence-electron chi connectivity index (χ2n) is 5.57. The third-order valence-electron chi connectivity index (χ3n) is 4.20. The van der Waals surface area contributed by atoms with Crippen LogP contribution < -0.4 is 5.32 Å². The van der Waals surface area contributed by atoms with Crippen LogP contribution in [-0.4, -0.2) is 27.6 Å². The maximum atomic E-state index is 12.3. The van der Waals surface area contributed by atoms with Gasteiger partial charge in [-0.05, 0) is 31.6 Å².